The number of likely N-dealkylation sites (tertiary alicyclic amines) is 1. The Morgan fingerprint density at radius 3 is 2.74 bits per heavy atom. The third-order valence-corrected chi connectivity index (χ3v) is 3.60. The number of carbonyl (C=O) groups is 2. The molecule has 0 aromatic carbocycles. The first-order chi connectivity index (χ1) is 8.92. The second-order valence-electron chi connectivity index (χ2n) is 5.87. The molecule has 110 valence electrons. The lowest BCUT2D eigenvalue weighted by Gasteiger charge is -2.37. The van der Waals surface area contributed by atoms with Gasteiger partial charge in [-0.15, -0.1) is 0 Å². The second-order valence-corrected chi connectivity index (χ2v) is 5.87. The summed E-state index contributed by atoms with van der Waals surface area (Å²) in [5, 5.41) is 5.95. The number of rotatable bonds is 6. The lowest BCUT2D eigenvalue weighted by Crippen LogP contribution is -2.54. The van der Waals surface area contributed by atoms with Crippen molar-refractivity contribution in [2.45, 2.75) is 46.1 Å². The predicted molar refractivity (Wildman–Crippen MR) is 75.7 cm³/mol. The summed E-state index contributed by atoms with van der Waals surface area (Å²) in [5.41, 5.74) is -0.545. The fourth-order valence-electron chi connectivity index (χ4n) is 2.49. The molecular weight excluding hydrogens is 242 g/mol. The molecule has 0 radical (unpaired) electrons. The summed E-state index contributed by atoms with van der Waals surface area (Å²) in [4.78, 5) is 26.0. The predicted octanol–water partition coefficient (Wildman–Crippen LogP) is 0.749. The molecule has 1 fully saturated rings. The Bertz CT molecular complexity index is 329. The van der Waals surface area contributed by atoms with Gasteiger partial charge in [0.25, 0.3) is 0 Å². The second kappa shape index (κ2) is 6.89. The van der Waals surface area contributed by atoms with Crippen molar-refractivity contribution in [2.24, 2.45) is 5.41 Å². The largest absolute Gasteiger partial charge is 0.359 e. The number of nitrogens with zero attached hydrogens (tertiary/aromatic N) is 1. The van der Waals surface area contributed by atoms with E-state index in [1.807, 2.05) is 18.7 Å². The normalized spacial score (nSPS) is 20.5. The number of piperidine rings is 1. The Balaban J connectivity index is 2.62. The van der Waals surface area contributed by atoms with Gasteiger partial charge in [0.2, 0.25) is 11.8 Å². The minimum Gasteiger partial charge on any atom is -0.359 e. The van der Waals surface area contributed by atoms with Crippen LogP contribution in [0.3, 0.4) is 0 Å². The maximum Gasteiger partial charge on any atom is 0.239 e. The van der Waals surface area contributed by atoms with E-state index in [9.17, 15) is 9.59 Å². The standard InChI is InChI=1S/C14H27N3O2/c1-5-8-16-11-7-6-9-17(12(11)18)10-14(2,3)13(19)15-4/h11,16H,5-10H2,1-4H3,(H,15,19). The van der Waals surface area contributed by atoms with Gasteiger partial charge < -0.3 is 15.5 Å². The summed E-state index contributed by atoms with van der Waals surface area (Å²) in [7, 11) is 1.63. The van der Waals surface area contributed by atoms with Crippen LogP contribution in [0.15, 0.2) is 0 Å². The maximum absolute atomic E-state index is 12.4. The molecule has 1 atom stereocenters. The number of hydrogen-bond donors (Lipinski definition) is 2. The van der Waals surface area contributed by atoms with Gasteiger partial charge in [-0.1, -0.05) is 6.92 Å². The molecule has 0 bridgehead atoms. The Hall–Kier alpha value is -1.10. The van der Waals surface area contributed by atoms with Gasteiger partial charge in [-0.3, -0.25) is 9.59 Å². The zero-order chi connectivity index (χ0) is 14.5. The lowest BCUT2D eigenvalue weighted by molar-refractivity contribution is -0.140. The van der Waals surface area contributed by atoms with Crippen LogP contribution >= 0.6 is 0 Å². The summed E-state index contributed by atoms with van der Waals surface area (Å²) in [5.74, 6) is 0.112. The quantitative estimate of drug-likeness (QED) is 0.748. The van der Waals surface area contributed by atoms with Crippen LogP contribution in [0.25, 0.3) is 0 Å². The SMILES string of the molecule is CCCNC1CCCN(CC(C)(C)C(=O)NC)C1=O. The average Bonchev–Trinajstić information content (AvgIpc) is 2.38. The van der Waals surface area contributed by atoms with Crippen LogP contribution in [0.2, 0.25) is 0 Å². The molecule has 1 aliphatic rings. The molecule has 0 spiro atoms. The van der Waals surface area contributed by atoms with Gasteiger partial charge in [-0.25, -0.2) is 0 Å². The van der Waals surface area contributed by atoms with Gasteiger partial charge in [0.05, 0.1) is 11.5 Å². The Morgan fingerprint density at radius 2 is 2.16 bits per heavy atom. The Morgan fingerprint density at radius 1 is 1.47 bits per heavy atom. The average molecular weight is 269 g/mol. The summed E-state index contributed by atoms with van der Waals surface area (Å²) >= 11 is 0. The molecule has 0 aromatic rings. The van der Waals surface area contributed by atoms with Gasteiger partial charge in [-0.05, 0) is 39.7 Å². The minimum atomic E-state index is -0.545. The van der Waals surface area contributed by atoms with Crippen LogP contribution in [0.5, 0.6) is 0 Å². The molecular formula is C14H27N3O2. The van der Waals surface area contributed by atoms with Crippen LogP contribution < -0.4 is 10.6 Å². The zero-order valence-corrected chi connectivity index (χ0v) is 12.6. The third kappa shape index (κ3) is 4.20. The summed E-state index contributed by atoms with van der Waals surface area (Å²) < 4.78 is 0. The first-order valence-electron chi connectivity index (χ1n) is 7.16. The first-order valence-corrected chi connectivity index (χ1v) is 7.16. The van der Waals surface area contributed by atoms with E-state index in [1.54, 1.807) is 7.05 Å². The first kappa shape index (κ1) is 16.0. The number of carbonyl (C=O) groups excluding carboxylic acids is 2. The zero-order valence-electron chi connectivity index (χ0n) is 12.6. The Labute approximate surface area is 116 Å². The maximum atomic E-state index is 12.4. The molecule has 2 N–H and O–H groups in total. The number of amides is 2. The van der Waals surface area contributed by atoms with Crippen molar-refractivity contribution in [2.75, 3.05) is 26.7 Å². The number of nitrogens with one attached hydrogen (secondary N) is 2. The van der Waals surface area contributed by atoms with E-state index in [1.165, 1.54) is 0 Å². The van der Waals surface area contributed by atoms with Crippen molar-refractivity contribution in [3.05, 3.63) is 0 Å². The van der Waals surface area contributed by atoms with Crippen LogP contribution in [0.1, 0.15) is 40.0 Å². The van der Waals surface area contributed by atoms with Crippen molar-refractivity contribution < 1.29 is 9.59 Å². The summed E-state index contributed by atoms with van der Waals surface area (Å²) in [6.45, 7) is 7.94. The van der Waals surface area contributed by atoms with Crippen molar-refractivity contribution in [1.29, 1.82) is 0 Å². The smallest absolute Gasteiger partial charge is 0.239 e. The lowest BCUT2D eigenvalue weighted by atomic mass is 9.90. The van der Waals surface area contributed by atoms with Gasteiger partial charge in [0.15, 0.2) is 0 Å². The number of hydrogen-bond acceptors (Lipinski definition) is 3. The highest BCUT2D eigenvalue weighted by Gasteiger charge is 2.35. The van der Waals surface area contributed by atoms with Gasteiger partial charge in [0.1, 0.15) is 0 Å². The topological polar surface area (TPSA) is 61.4 Å². The monoisotopic (exact) mass is 269 g/mol. The molecule has 2 amide bonds. The highest BCUT2D eigenvalue weighted by molar-refractivity contribution is 5.85. The molecule has 5 heteroatoms. The molecule has 0 aliphatic carbocycles. The van der Waals surface area contributed by atoms with Gasteiger partial charge in [0, 0.05) is 20.1 Å². The summed E-state index contributed by atoms with van der Waals surface area (Å²) in [6, 6.07) is -0.0748. The van der Waals surface area contributed by atoms with E-state index in [4.69, 9.17) is 0 Å². The van der Waals surface area contributed by atoms with Crippen LogP contribution in [-0.2, 0) is 9.59 Å². The summed E-state index contributed by atoms with van der Waals surface area (Å²) in [6.07, 6.45) is 2.92. The van der Waals surface area contributed by atoms with Crippen molar-refractivity contribution >= 4 is 11.8 Å². The molecule has 19 heavy (non-hydrogen) atoms. The fraction of sp³-hybridized carbons (Fsp3) is 0.857. The highest BCUT2D eigenvalue weighted by atomic mass is 16.2. The van der Waals surface area contributed by atoms with E-state index in [0.29, 0.717) is 6.54 Å². The van der Waals surface area contributed by atoms with E-state index in [-0.39, 0.29) is 17.9 Å². The van der Waals surface area contributed by atoms with Crippen molar-refractivity contribution in [3.63, 3.8) is 0 Å². The van der Waals surface area contributed by atoms with Crippen molar-refractivity contribution in [1.82, 2.24) is 15.5 Å². The molecule has 1 aliphatic heterocycles. The Kier molecular flexibility index (Phi) is 5.79. The molecule has 1 rings (SSSR count). The van der Waals surface area contributed by atoms with Crippen LogP contribution in [0.4, 0.5) is 0 Å². The molecule has 1 heterocycles. The van der Waals surface area contributed by atoms with E-state index >= 15 is 0 Å². The van der Waals surface area contributed by atoms with Crippen LogP contribution in [0, 0.1) is 5.41 Å². The molecule has 0 aromatic heterocycles. The van der Waals surface area contributed by atoms with Gasteiger partial charge >= 0.3 is 0 Å². The van der Waals surface area contributed by atoms with Crippen LogP contribution in [-0.4, -0.2) is 49.4 Å². The van der Waals surface area contributed by atoms with E-state index < -0.39 is 5.41 Å². The molecule has 5 nitrogen and oxygen atoms in total. The van der Waals surface area contributed by atoms with E-state index in [0.717, 1.165) is 32.4 Å². The molecule has 0 saturated carbocycles. The minimum absolute atomic E-state index is 0.0241. The van der Waals surface area contributed by atoms with Gasteiger partial charge in [-0.2, -0.15) is 0 Å². The molecule has 1 unspecified atom stereocenters. The third-order valence-electron chi connectivity index (χ3n) is 3.60. The van der Waals surface area contributed by atoms with E-state index in [2.05, 4.69) is 17.6 Å². The fourth-order valence-corrected chi connectivity index (χ4v) is 2.49. The van der Waals surface area contributed by atoms with Crippen molar-refractivity contribution in [3.8, 4) is 0 Å². The highest BCUT2D eigenvalue weighted by Crippen LogP contribution is 2.21. The molecule has 1 saturated heterocycles.